The quantitative estimate of drug-likeness (QED) is 0.623. The molecule has 4 rings (SSSR count). The molecule has 2 N–H and O–H groups in total. The Kier molecular flexibility index (Phi) is 6.19. The van der Waals surface area contributed by atoms with Gasteiger partial charge in [-0.1, -0.05) is 12.1 Å². The highest BCUT2D eigenvalue weighted by atomic mass is 79.9. The molecule has 164 valence electrons. The lowest BCUT2D eigenvalue weighted by Crippen LogP contribution is -2.27. The minimum atomic E-state index is -0.645. The van der Waals surface area contributed by atoms with Crippen molar-refractivity contribution in [2.24, 2.45) is 5.73 Å². The summed E-state index contributed by atoms with van der Waals surface area (Å²) in [6, 6.07) is 11.6. The normalized spacial score (nSPS) is 18.1. The number of nitrogens with two attached hydrogens (primary N) is 1. The number of hydrogen-bond acceptors (Lipinski definition) is 6. The number of rotatable bonds is 5. The van der Waals surface area contributed by atoms with Crippen LogP contribution in [0.2, 0.25) is 0 Å². The molecule has 0 radical (unpaired) electrons. The van der Waals surface area contributed by atoms with E-state index in [1.807, 2.05) is 0 Å². The fraction of sp³-hybridized carbons (Fsp3) is 0.250. The number of carbonyl (C=O) groups excluding carboxylic acids is 1. The van der Waals surface area contributed by atoms with E-state index in [0.29, 0.717) is 52.1 Å². The largest absolute Gasteiger partial charge is 0.493 e. The van der Waals surface area contributed by atoms with E-state index in [1.165, 1.54) is 19.2 Å². The Morgan fingerprint density at radius 1 is 1.28 bits per heavy atom. The molecule has 0 unspecified atom stereocenters. The number of methoxy groups -OCH3 is 1. The number of ketones is 1. The molecule has 1 aliphatic carbocycles. The SMILES string of the molecule is COc1cc([C@H]2C(C#N)=C(N)OC3=C2C(=O)CCC3)cc(Br)c1OCc1ccc(F)cc1. The van der Waals surface area contributed by atoms with Gasteiger partial charge in [0.25, 0.3) is 0 Å². The second-order valence-corrected chi connectivity index (χ2v) is 8.34. The smallest absolute Gasteiger partial charge is 0.205 e. The fourth-order valence-corrected chi connectivity index (χ4v) is 4.55. The van der Waals surface area contributed by atoms with Crippen LogP contribution in [-0.4, -0.2) is 12.9 Å². The maximum Gasteiger partial charge on any atom is 0.205 e. The highest BCUT2D eigenvalue weighted by Crippen LogP contribution is 2.47. The van der Waals surface area contributed by atoms with Crippen LogP contribution in [-0.2, 0) is 16.1 Å². The Labute approximate surface area is 193 Å². The van der Waals surface area contributed by atoms with Crippen molar-refractivity contribution in [3.05, 3.63) is 80.6 Å². The summed E-state index contributed by atoms with van der Waals surface area (Å²) in [5.41, 5.74) is 8.13. The number of allylic oxidation sites excluding steroid dienone is 3. The first kappa shape index (κ1) is 21.9. The lowest BCUT2D eigenvalue weighted by atomic mass is 9.77. The average molecular weight is 499 g/mol. The second kappa shape index (κ2) is 9.05. The number of ether oxygens (including phenoxy) is 3. The minimum absolute atomic E-state index is 0.0117. The van der Waals surface area contributed by atoms with Gasteiger partial charge in [0, 0.05) is 18.4 Å². The van der Waals surface area contributed by atoms with Crippen molar-refractivity contribution in [2.75, 3.05) is 7.11 Å². The second-order valence-electron chi connectivity index (χ2n) is 7.49. The molecule has 6 nitrogen and oxygen atoms in total. The van der Waals surface area contributed by atoms with E-state index in [0.717, 1.165) is 5.56 Å². The van der Waals surface area contributed by atoms with Gasteiger partial charge in [0.2, 0.25) is 5.88 Å². The van der Waals surface area contributed by atoms with Crippen LogP contribution in [0, 0.1) is 17.1 Å². The van der Waals surface area contributed by atoms with Crippen LogP contribution in [0.3, 0.4) is 0 Å². The summed E-state index contributed by atoms with van der Waals surface area (Å²) in [6.07, 6.45) is 1.67. The van der Waals surface area contributed by atoms with E-state index < -0.39 is 5.92 Å². The van der Waals surface area contributed by atoms with Gasteiger partial charge in [-0.15, -0.1) is 0 Å². The molecule has 0 bridgehead atoms. The molecule has 1 atom stereocenters. The van der Waals surface area contributed by atoms with E-state index in [-0.39, 0.29) is 29.7 Å². The van der Waals surface area contributed by atoms with Crippen molar-refractivity contribution < 1.29 is 23.4 Å². The van der Waals surface area contributed by atoms with Crippen molar-refractivity contribution in [3.8, 4) is 17.6 Å². The van der Waals surface area contributed by atoms with Crippen LogP contribution >= 0.6 is 15.9 Å². The van der Waals surface area contributed by atoms with Crippen LogP contribution in [0.4, 0.5) is 4.39 Å². The Bertz CT molecular complexity index is 1180. The summed E-state index contributed by atoms with van der Waals surface area (Å²) in [5.74, 6) is 0.389. The van der Waals surface area contributed by atoms with Crippen molar-refractivity contribution in [3.63, 3.8) is 0 Å². The highest BCUT2D eigenvalue weighted by molar-refractivity contribution is 9.10. The van der Waals surface area contributed by atoms with Gasteiger partial charge in [-0.2, -0.15) is 5.26 Å². The monoisotopic (exact) mass is 498 g/mol. The van der Waals surface area contributed by atoms with Gasteiger partial charge in [0.15, 0.2) is 17.3 Å². The predicted molar refractivity (Wildman–Crippen MR) is 118 cm³/mol. The third-order valence-electron chi connectivity index (χ3n) is 5.49. The van der Waals surface area contributed by atoms with Crippen LogP contribution in [0.5, 0.6) is 11.5 Å². The van der Waals surface area contributed by atoms with E-state index in [2.05, 4.69) is 22.0 Å². The predicted octanol–water partition coefficient (Wildman–Crippen LogP) is 4.99. The summed E-state index contributed by atoms with van der Waals surface area (Å²) in [7, 11) is 1.51. The molecular formula is C24H20BrFN2O4. The topological polar surface area (TPSA) is 94.6 Å². The van der Waals surface area contributed by atoms with Gasteiger partial charge in [-0.05, 0) is 57.7 Å². The summed E-state index contributed by atoms with van der Waals surface area (Å²) in [4.78, 5) is 12.8. The lowest BCUT2D eigenvalue weighted by Gasteiger charge is -2.31. The van der Waals surface area contributed by atoms with Crippen LogP contribution in [0.15, 0.2) is 63.7 Å². The van der Waals surface area contributed by atoms with Crippen LogP contribution in [0.25, 0.3) is 0 Å². The molecule has 2 aromatic rings. The molecule has 1 heterocycles. The molecule has 0 spiro atoms. The van der Waals surface area contributed by atoms with Gasteiger partial charge in [-0.25, -0.2) is 4.39 Å². The third-order valence-corrected chi connectivity index (χ3v) is 6.08. The summed E-state index contributed by atoms with van der Waals surface area (Å²) in [5, 5.41) is 9.75. The number of carbonyl (C=O) groups is 1. The van der Waals surface area contributed by atoms with Gasteiger partial charge in [-0.3, -0.25) is 4.79 Å². The van der Waals surface area contributed by atoms with Crippen molar-refractivity contribution >= 4 is 21.7 Å². The van der Waals surface area contributed by atoms with Crippen LogP contribution in [0.1, 0.15) is 36.3 Å². The lowest BCUT2D eigenvalue weighted by molar-refractivity contribution is -0.116. The highest BCUT2D eigenvalue weighted by Gasteiger charge is 2.38. The number of benzene rings is 2. The third kappa shape index (κ3) is 4.08. The van der Waals surface area contributed by atoms with Gasteiger partial charge >= 0.3 is 0 Å². The van der Waals surface area contributed by atoms with Gasteiger partial charge < -0.3 is 19.9 Å². The van der Waals surface area contributed by atoms with Crippen molar-refractivity contribution in [2.45, 2.75) is 31.8 Å². The van der Waals surface area contributed by atoms with Crippen molar-refractivity contribution in [1.29, 1.82) is 5.26 Å². The Hall–Kier alpha value is -3.31. The molecule has 2 aromatic carbocycles. The molecule has 8 heteroatoms. The first-order chi connectivity index (χ1) is 15.4. The molecule has 32 heavy (non-hydrogen) atoms. The van der Waals surface area contributed by atoms with Crippen LogP contribution < -0.4 is 15.2 Å². The number of nitriles is 1. The Morgan fingerprint density at radius 3 is 2.72 bits per heavy atom. The van der Waals surface area contributed by atoms with Gasteiger partial charge in [0.1, 0.15) is 29.8 Å². The standard InChI is InChI=1S/C24H20BrFN2O4/c1-30-20-10-14(9-17(25)23(20)31-12-13-5-7-15(26)8-6-13)21-16(11-27)24(28)32-19-4-2-3-18(29)22(19)21/h5-10,21H,2-4,12,28H2,1H3/t21-/m0/s1. The van der Waals surface area contributed by atoms with Gasteiger partial charge in [0.05, 0.1) is 17.5 Å². The van der Waals surface area contributed by atoms with E-state index in [1.54, 1.807) is 24.3 Å². The average Bonchev–Trinajstić information content (AvgIpc) is 2.78. The zero-order valence-corrected chi connectivity index (χ0v) is 18.9. The molecule has 2 aliphatic rings. The molecule has 0 aromatic heterocycles. The van der Waals surface area contributed by atoms with E-state index in [9.17, 15) is 14.4 Å². The summed E-state index contributed by atoms with van der Waals surface area (Å²) < 4.78 is 30.8. The van der Waals surface area contributed by atoms with E-state index >= 15 is 0 Å². The zero-order valence-electron chi connectivity index (χ0n) is 17.3. The summed E-state index contributed by atoms with van der Waals surface area (Å²) in [6.45, 7) is 0.204. The first-order valence-corrected chi connectivity index (χ1v) is 10.8. The number of hydrogen-bond donors (Lipinski definition) is 1. The number of nitrogens with zero attached hydrogens (tertiary/aromatic N) is 1. The summed E-state index contributed by atoms with van der Waals surface area (Å²) >= 11 is 3.52. The Morgan fingerprint density at radius 2 is 2.03 bits per heavy atom. The fourth-order valence-electron chi connectivity index (χ4n) is 3.97. The number of halogens is 2. The molecular weight excluding hydrogens is 479 g/mol. The first-order valence-electron chi connectivity index (χ1n) is 10.0. The maximum absolute atomic E-state index is 13.1. The molecule has 0 saturated heterocycles. The van der Waals surface area contributed by atoms with Crippen molar-refractivity contribution in [1.82, 2.24) is 0 Å². The maximum atomic E-state index is 13.1. The molecule has 0 fully saturated rings. The zero-order chi connectivity index (χ0) is 22.8. The Balaban J connectivity index is 1.73. The molecule has 0 saturated carbocycles. The van der Waals surface area contributed by atoms with E-state index in [4.69, 9.17) is 19.9 Å². The molecule has 1 aliphatic heterocycles. The molecule has 0 amide bonds. The minimum Gasteiger partial charge on any atom is -0.493 e. The number of Topliss-reactive ketones (excluding diaryl/α,β-unsaturated/α-hetero) is 1.